The summed E-state index contributed by atoms with van der Waals surface area (Å²) >= 11 is 0. The van der Waals surface area contributed by atoms with Crippen molar-refractivity contribution in [2.45, 2.75) is 19.1 Å². The summed E-state index contributed by atoms with van der Waals surface area (Å²) in [5.74, 6) is 0. The van der Waals surface area contributed by atoms with Crippen LogP contribution in [0.4, 0.5) is 0 Å². The molecule has 0 aliphatic heterocycles. The summed E-state index contributed by atoms with van der Waals surface area (Å²) in [4.78, 5) is 0. The van der Waals surface area contributed by atoms with Gasteiger partial charge in [0.2, 0.25) is 7.37 Å². The van der Waals surface area contributed by atoms with Gasteiger partial charge in [-0.15, -0.1) is 0 Å². The van der Waals surface area contributed by atoms with Gasteiger partial charge < -0.3 is 4.52 Å². The molecule has 0 radical (unpaired) electrons. The average Bonchev–Trinajstić information content (AvgIpc) is 1.85. The third-order valence-corrected chi connectivity index (χ3v) is 7.04. The molecule has 0 aliphatic carbocycles. The van der Waals surface area contributed by atoms with E-state index in [0.717, 1.165) is 0 Å². The van der Waals surface area contributed by atoms with Crippen LogP contribution < -0.4 is 0 Å². The van der Waals surface area contributed by atoms with Crippen molar-refractivity contribution in [3.63, 3.8) is 0 Å². The maximum Gasteiger partial charge on any atom is 0.214 e. The van der Waals surface area contributed by atoms with E-state index in [4.69, 9.17) is 0 Å². The van der Waals surface area contributed by atoms with Crippen LogP contribution in [0, 0.1) is 0 Å². The first-order chi connectivity index (χ1) is 5.21. The summed E-state index contributed by atoms with van der Waals surface area (Å²) in [5, 5.41) is -0.499. The van der Waals surface area contributed by atoms with Gasteiger partial charge >= 0.3 is 0 Å². The van der Waals surface area contributed by atoms with Gasteiger partial charge in [0.05, 0.1) is 5.25 Å². The van der Waals surface area contributed by atoms with Crippen LogP contribution in [-0.4, -0.2) is 32.9 Å². The lowest BCUT2D eigenvalue weighted by atomic mass is 10.6. The SMILES string of the molecule is CO[P@@](C)(=O)CS(=O)(=O)C(C)C. The minimum Gasteiger partial charge on any atom is -0.331 e. The smallest absolute Gasteiger partial charge is 0.214 e. The zero-order valence-corrected chi connectivity index (χ0v) is 9.48. The minimum absolute atomic E-state index is 0.367. The van der Waals surface area contributed by atoms with Crippen molar-refractivity contribution in [2.24, 2.45) is 0 Å². The topological polar surface area (TPSA) is 60.4 Å². The Labute approximate surface area is 73.7 Å². The minimum atomic E-state index is -3.26. The summed E-state index contributed by atoms with van der Waals surface area (Å²) in [6.07, 6.45) is 0. The molecule has 0 heterocycles. The van der Waals surface area contributed by atoms with Crippen LogP contribution >= 0.6 is 7.37 Å². The van der Waals surface area contributed by atoms with Crippen molar-refractivity contribution in [3.05, 3.63) is 0 Å². The molecule has 0 unspecified atom stereocenters. The highest BCUT2D eigenvalue weighted by Crippen LogP contribution is 2.43. The van der Waals surface area contributed by atoms with Crippen LogP contribution in [-0.2, 0) is 18.9 Å². The summed E-state index contributed by atoms with van der Waals surface area (Å²) in [6, 6.07) is 0. The predicted molar refractivity (Wildman–Crippen MR) is 49.5 cm³/mol. The monoisotopic (exact) mass is 214 g/mol. The van der Waals surface area contributed by atoms with Crippen LogP contribution in [0.1, 0.15) is 13.8 Å². The lowest BCUT2D eigenvalue weighted by molar-refractivity contribution is 0.402. The fraction of sp³-hybridized carbons (Fsp3) is 1.00. The molecule has 0 rings (SSSR count). The summed E-state index contributed by atoms with van der Waals surface area (Å²) in [5.41, 5.74) is -0.367. The van der Waals surface area contributed by atoms with Gasteiger partial charge in [-0.2, -0.15) is 0 Å². The van der Waals surface area contributed by atoms with Crippen molar-refractivity contribution in [3.8, 4) is 0 Å². The highest BCUT2D eigenvalue weighted by Gasteiger charge is 2.26. The molecule has 0 saturated heterocycles. The van der Waals surface area contributed by atoms with Crippen LogP contribution in [0.15, 0.2) is 0 Å². The summed E-state index contributed by atoms with van der Waals surface area (Å²) in [7, 11) is -4.93. The quantitative estimate of drug-likeness (QED) is 0.662. The van der Waals surface area contributed by atoms with Gasteiger partial charge in [0.25, 0.3) is 0 Å². The third-order valence-electron chi connectivity index (χ3n) is 1.52. The lowest BCUT2D eigenvalue weighted by Gasteiger charge is -2.12. The Kier molecular flexibility index (Phi) is 3.94. The molecule has 0 aromatic rings. The lowest BCUT2D eigenvalue weighted by Crippen LogP contribution is -2.17. The predicted octanol–water partition coefficient (Wildman–Crippen LogP) is 1.32. The standard InChI is InChI=1S/C6H15O4PS/c1-6(2)12(8,9)5-11(4,7)10-3/h6H,5H2,1-4H3/t11-/m1/s1. The molecule has 0 N–H and O–H groups in total. The molecule has 74 valence electrons. The van der Waals surface area contributed by atoms with Crippen molar-refractivity contribution in [1.82, 2.24) is 0 Å². The van der Waals surface area contributed by atoms with E-state index < -0.39 is 22.5 Å². The Balaban J connectivity index is 4.59. The molecule has 4 nitrogen and oxygen atoms in total. The first-order valence-electron chi connectivity index (χ1n) is 3.55. The molecule has 0 aliphatic rings. The highest BCUT2D eigenvalue weighted by atomic mass is 32.2. The molecular formula is C6H15O4PS. The first-order valence-corrected chi connectivity index (χ1v) is 7.52. The zero-order chi connectivity index (χ0) is 9.99. The molecule has 6 heteroatoms. The molecule has 0 aromatic carbocycles. The van der Waals surface area contributed by atoms with E-state index in [1.165, 1.54) is 13.8 Å². The Morgan fingerprint density at radius 2 is 1.83 bits per heavy atom. The molecule has 0 fully saturated rings. The van der Waals surface area contributed by atoms with Crippen molar-refractivity contribution >= 4 is 17.2 Å². The van der Waals surface area contributed by atoms with Gasteiger partial charge in [-0.1, -0.05) is 0 Å². The largest absolute Gasteiger partial charge is 0.331 e. The van der Waals surface area contributed by atoms with Crippen LogP contribution in [0.2, 0.25) is 0 Å². The van der Waals surface area contributed by atoms with E-state index >= 15 is 0 Å². The van der Waals surface area contributed by atoms with Gasteiger partial charge in [-0.3, -0.25) is 4.57 Å². The molecule has 0 amide bonds. The van der Waals surface area contributed by atoms with Gasteiger partial charge in [-0.25, -0.2) is 8.42 Å². The van der Waals surface area contributed by atoms with E-state index in [2.05, 4.69) is 4.52 Å². The van der Waals surface area contributed by atoms with E-state index in [1.54, 1.807) is 13.8 Å². The second-order valence-corrected chi connectivity index (χ2v) is 8.73. The second kappa shape index (κ2) is 3.90. The number of rotatable bonds is 4. The fourth-order valence-electron chi connectivity index (χ4n) is 0.529. The van der Waals surface area contributed by atoms with E-state index in [9.17, 15) is 13.0 Å². The normalized spacial score (nSPS) is 17.8. The summed E-state index contributed by atoms with van der Waals surface area (Å²) in [6.45, 7) is 4.45. The Morgan fingerprint density at radius 3 is 2.08 bits per heavy atom. The second-order valence-electron chi connectivity index (χ2n) is 3.04. The molecule has 12 heavy (non-hydrogen) atoms. The number of hydrogen-bond acceptors (Lipinski definition) is 4. The summed E-state index contributed by atoms with van der Waals surface area (Å²) < 4.78 is 38.4. The van der Waals surface area contributed by atoms with Crippen molar-refractivity contribution in [2.75, 3.05) is 19.3 Å². The molecular weight excluding hydrogens is 199 g/mol. The van der Waals surface area contributed by atoms with Gasteiger partial charge in [0.1, 0.15) is 5.49 Å². The fourth-order valence-corrected chi connectivity index (χ4v) is 4.76. The third kappa shape index (κ3) is 3.70. The highest BCUT2D eigenvalue weighted by molar-refractivity contribution is 7.98. The van der Waals surface area contributed by atoms with Crippen LogP contribution in [0.25, 0.3) is 0 Å². The van der Waals surface area contributed by atoms with E-state index in [1.807, 2.05) is 0 Å². The van der Waals surface area contributed by atoms with Crippen LogP contribution in [0.5, 0.6) is 0 Å². The molecule has 1 atom stereocenters. The number of sulfone groups is 1. The number of hydrogen-bond donors (Lipinski definition) is 0. The maximum absolute atomic E-state index is 11.3. The van der Waals surface area contributed by atoms with Crippen LogP contribution in [0.3, 0.4) is 0 Å². The Morgan fingerprint density at radius 1 is 1.42 bits per heavy atom. The molecule has 0 spiro atoms. The first kappa shape index (κ1) is 12.1. The Hall–Kier alpha value is 0.140. The average molecular weight is 214 g/mol. The van der Waals surface area contributed by atoms with Crippen molar-refractivity contribution in [1.29, 1.82) is 0 Å². The van der Waals surface area contributed by atoms with Crippen molar-refractivity contribution < 1.29 is 17.5 Å². The van der Waals surface area contributed by atoms with E-state index in [0.29, 0.717) is 0 Å². The van der Waals surface area contributed by atoms with E-state index in [-0.39, 0.29) is 5.49 Å². The Bertz CT molecular complexity index is 280. The maximum atomic E-state index is 11.3. The van der Waals surface area contributed by atoms with Gasteiger partial charge in [-0.05, 0) is 13.8 Å². The molecule has 0 aromatic heterocycles. The van der Waals surface area contributed by atoms with Gasteiger partial charge in [0.15, 0.2) is 9.84 Å². The molecule has 0 saturated carbocycles. The van der Waals surface area contributed by atoms with Gasteiger partial charge in [0, 0.05) is 13.8 Å². The zero-order valence-electron chi connectivity index (χ0n) is 7.77. The molecule has 0 bridgehead atoms.